The van der Waals surface area contributed by atoms with Crippen LogP contribution < -0.4 is 19.1 Å². The highest BCUT2D eigenvalue weighted by molar-refractivity contribution is 7.92. The molecule has 0 saturated heterocycles. The van der Waals surface area contributed by atoms with Gasteiger partial charge in [0.1, 0.15) is 23.9 Å². The lowest BCUT2D eigenvalue weighted by molar-refractivity contribution is -0.120. The van der Waals surface area contributed by atoms with E-state index in [1.807, 2.05) is 18.2 Å². The quantitative estimate of drug-likeness (QED) is 0.611. The number of benzene rings is 3. The molecular formula is C23H21FN2O5S. The number of rotatable bonds is 6. The number of para-hydroxylation sites is 2. The summed E-state index contributed by atoms with van der Waals surface area (Å²) in [5.74, 6) is 0.363. The fourth-order valence-electron chi connectivity index (χ4n) is 3.33. The van der Waals surface area contributed by atoms with Crippen molar-refractivity contribution in [1.82, 2.24) is 0 Å². The Balaban J connectivity index is 1.44. The molecule has 3 aromatic rings. The number of amides is 1. The van der Waals surface area contributed by atoms with Gasteiger partial charge in [-0.1, -0.05) is 12.1 Å². The number of hydrogen-bond donors (Lipinski definition) is 1. The van der Waals surface area contributed by atoms with E-state index >= 15 is 0 Å². The zero-order valence-corrected chi connectivity index (χ0v) is 18.1. The van der Waals surface area contributed by atoms with E-state index in [4.69, 9.17) is 9.47 Å². The standard InChI is InChI=1S/C23H21FN2O5S/c1-16-14-19(32(28,29)25-18-8-6-17(24)7-9-18)10-11-21(16)31-15-23(27)26-12-13-30-22-5-3-2-4-20(22)26/h2-11,14,25H,12-13,15H2,1H3. The molecule has 1 aliphatic rings. The predicted molar refractivity (Wildman–Crippen MR) is 118 cm³/mol. The average Bonchev–Trinajstić information content (AvgIpc) is 2.79. The molecule has 0 aliphatic carbocycles. The van der Waals surface area contributed by atoms with Gasteiger partial charge in [-0.25, -0.2) is 12.8 Å². The zero-order valence-electron chi connectivity index (χ0n) is 17.2. The van der Waals surface area contributed by atoms with Crippen LogP contribution >= 0.6 is 0 Å². The number of nitrogens with one attached hydrogen (secondary N) is 1. The number of aryl methyl sites for hydroxylation is 1. The van der Waals surface area contributed by atoms with Crippen LogP contribution in [0.15, 0.2) is 71.6 Å². The lowest BCUT2D eigenvalue weighted by atomic mass is 10.2. The smallest absolute Gasteiger partial charge is 0.265 e. The lowest BCUT2D eigenvalue weighted by Gasteiger charge is -2.29. The highest BCUT2D eigenvalue weighted by Gasteiger charge is 2.24. The van der Waals surface area contributed by atoms with Crippen LogP contribution in [0.1, 0.15) is 5.56 Å². The monoisotopic (exact) mass is 456 g/mol. The first-order valence-corrected chi connectivity index (χ1v) is 11.4. The molecule has 1 N–H and O–H groups in total. The average molecular weight is 456 g/mol. The zero-order chi connectivity index (χ0) is 22.7. The Morgan fingerprint density at radius 3 is 2.62 bits per heavy atom. The molecule has 0 radical (unpaired) electrons. The summed E-state index contributed by atoms with van der Waals surface area (Å²) in [7, 11) is -3.86. The number of carbonyl (C=O) groups is 1. The van der Waals surface area contributed by atoms with Crippen molar-refractivity contribution in [2.75, 3.05) is 29.4 Å². The van der Waals surface area contributed by atoms with Crippen LogP contribution in [0.2, 0.25) is 0 Å². The van der Waals surface area contributed by atoms with Gasteiger partial charge in [-0.05, 0) is 67.1 Å². The minimum atomic E-state index is -3.86. The fourth-order valence-corrected chi connectivity index (χ4v) is 4.47. The van der Waals surface area contributed by atoms with E-state index in [2.05, 4.69) is 4.72 Å². The molecule has 32 heavy (non-hydrogen) atoms. The van der Waals surface area contributed by atoms with Crippen molar-refractivity contribution in [2.24, 2.45) is 0 Å². The highest BCUT2D eigenvalue weighted by atomic mass is 32.2. The summed E-state index contributed by atoms with van der Waals surface area (Å²) in [6.07, 6.45) is 0. The number of ether oxygens (including phenoxy) is 2. The van der Waals surface area contributed by atoms with E-state index in [9.17, 15) is 17.6 Å². The van der Waals surface area contributed by atoms with Gasteiger partial charge in [0.15, 0.2) is 6.61 Å². The summed E-state index contributed by atoms with van der Waals surface area (Å²) >= 11 is 0. The Morgan fingerprint density at radius 2 is 1.88 bits per heavy atom. The van der Waals surface area contributed by atoms with E-state index in [1.54, 1.807) is 17.9 Å². The molecule has 1 amide bonds. The number of anilines is 2. The Labute approximate surface area is 185 Å². The van der Waals surface area contributed by atoms with Gasteiger partial charge >= 0.3 is 0 Å². The fraction of sp³-hybridized carbons (Fsp3) is 0.174. The van der Waals surface area contributed by atoms with Gasteiger partial charge in [0.25, 0.3) is 15.9 Å². The van der Waals surface area contributed by atoms with Crippen LogP contribution in [-0.2, 0) is 14.8 Å². The van der Waals surface area contributed by atoms with E-state index in [-0.39, 0.29) is 23.1 Å². The van der Waals surface area contributed by atoms with Gasteiger partial charge in [-0.3, -0.25) is 9.52 Å². The third-order valence-corrected chi connectivity index (χ3v) is 6.31. The Bertz CT molecular complexity index is 1250. The number of fused-ring (bicyclic) bond motifs is 1. The number of nitrogens with zero attached hydrogens (tertiary/aromatic N) is 1. The van der Waals surface area contributed by atoms with Crippen LogP contribution in [0.4, 0.5) is 15.8 Å². The molecule has 4 rings (SSSR count). The van der Waals surface area contributed by atoms with Crippen LogP contribution in [0.25, 0.3) is 0 Å². The second-order valence-electron chi connectivity index (χ2n) is 7.19. The van der Waals surface area contributed by atoms with Crippen molar-refractivity contribution in [3.8, 4) is 11.5 Å². The molecule has 9 heteroatoms. The molecule has 1 heterocycles. The molecule has 0 bridgehead atoms. The van der Waals surface area contributed by atoms with Gasteiger partial charge in [-0.15, -0.1) is 0 Å². The first-order valence-electron chi connectivity index (χ1n) is 9.87. The molecule has 0 aromatic heterocycles. The molecule has 0 unspecified atom stereocenters. The minimum Gasteiger partial charge on any atom is -0.490 e. The summed E-state index contributed by atoms with van der Waals surface area (Å²) in [6.45, 7) is 2.32. The summed E-state index contributed by atoms with van der Waals surface area (Å²) in [5, 5.41) is 0. The SMILES string of the molecule is Cc1cc(S(=O)(=O)Nc2ccc(F)cc2)ccc1OCC(=O)N1CCOc2ccccc21. The molecule has 166 valence electrons. The van der Waals surface area contributed by atoms with Crippen LogP contribution in [0, 0.1) is 12.7 Å². The highest BCUT2D eigenvalue weighted by Crippen LogP contribution is 2.31. The van der Waals surface area contributed by atoms with E-state index in [0.717, 1.165) is 0 Å². The van der Waals surface area contributed by atoms with Crippen LogP contribution in [0.3, 0.4) is 0 Å². The maximum Gasteiger partial charge on any atom is 0.265 e. The molecule has 0 atom stereocenters. The second-order valence-corrected chi connectivity index (χ2v) is 8.87. The molecule has 0 fully saturated rings. The summed E-state index contributed by atoms with van der Waals surface area (Å²) < 4.78 is 51.9. The van der Waals surface area contributed by atoms with Crippen LogP contribution in [0.5, 0.6) is 11.5 Å². The van der Waals surface area contributed by atoms with Gasteiger partial charge in [0, 0.05) is 5.69 Å². The van der Waals surface area contributed by atoms with Gasteiger partial charge in [-0.2, -0.15) is 0 Å². The van der Waals surface area contributed by atoms with E-state index < -0.39 is 15.8 Å². The molecule has 1 aliphatic heterocycles. The summed E-state index contributed by atoms with van der Waals surface area (Å²) in [6, 6.07) is 16.7. The first kappa shape index (κ1) is 21.6. The molecule has 0 spiro atoms. The molecule has 7 nitrogen and oxygen atoms in total. The van der Waals surface area contributed by atoms with Crippen LogP contribution in [-0.4, -0.2) is 34.1 Å². The largest absolute Gasteiger partial charge is 0.490 e. The van der Waals surface area contributed by atoms with Crippen molar-refractivity contribution < 1.29 is 27.1 Å². The van der Waals surface area contributed by atoms with Gasteiger partial charge < -0.3 is 14.4 Å². The van der Waals surface area contributed by atoms with Gasteiger partial charge in [0.05, 0.1) is 17.1 Å². The lowest BCUT2D eigenvalue weighted by Crippen LogP contribution is -2.40. The van der Waals surface area contributed by atoms with Crippen molar-refractivity contribution in [3.63, 3.8) is 0 Å². The third kappa shape index (κ3) is 4.67. The number of hydrogen-bond acceptors (Lipinski definition) is 5. The topological polar surface area (TPSA) is 84.9 Å². The molecular weight excluding hydrogens is 435 g/mol. The maximum absolute atomic E-state index is 13.0. The van der Waals surface area contributed by atoms with Crippen molar-refractivity contribution in [3.05, 3.63) is 78.1 Å². The molecule has 3 aromatic carbocycles. The number of halogens is 1. The first-order chi connectivity index (χ1) is 15.3. The third-order valence-electron chi connectivity index (χ3n) is 4.93. The van der Waals surface area contributed by atoms with Crippen molar-refractivity contribution in [1.29, 1.82) is 0 Å². The van der Waals surface area contributed by atoms with Crippen molar-refractivity contribution >= 4 is 27.3 Å². The number of carbonyl (C=O) groups excluding carboxylic acids is 1. The summed E-state index contributed by atoms with van der Waals surface area (Å²) in [4.78, 5) is 14.4. The van der Waals surface area contributed by atoms with E-state index in [1.165, 1.54) is 42.5 Å². The summed E-state index contributed by atoms with van der Waals surface area (Å²) in [5.41, 5.74) is 1.50. The number of sulfonamides is 1. The van der Waals surface area contributed by atoms with Crippen molar-refractivity contribution in [2.45, 2.75) is 11.8 Å². The Kier molecular flexibility index (Phi) is 6.00. The Morgan fingerprint density at radius 1 is 1.12 bits per heavy atom. The predicted octanol–water partition coefficient (Wildman–Crippen LogP) is 3.74. The second kappa shape index (κ2) is 8.88. The maximum atomic E-state index is 13.0. The molecule has 0 saturated carbocycles. The minimum absolute atomic E-state index is 0.0279. The Hall–Kier alpha value is -3.59. The van der Waals surface area contributed by atoms with Gasteiger partial charge in [0.2, 0.25) is 0 Å². The normalized spacial score (nSPS) is 13.1. The van der Waals surface area contributed by atoms with E-state index in [0.29, 0.717) is 35.9 Å².